The fourth-order valence-corrected chi connectivity index (χ4v) is 6.68. The van der Waals surface area contributed by atoms with Crippen LogP contribution in [0.1, 0.15) is 62.0 Å². The third kappa shape index (κ3) is 5.33. The molecule has 0 N–H and O–H groups in total. The highest BCUT2D eigenvalue weighted by molar-refractivity contribution is 6.41. The lowest BCUT2D eigenvalue weighted by atomic mass is 9.79. The molecule has 6 nitrogen and oxygen atoms in total. The molecule has 0 bridgehead atoms. The lowest BCUT2D eigenvalue weighted by Gasteiger charge is -2.32. The molecule has 0 amide bonds. The molecular weight excluding hydrogens is 596 g/mol. The first-order chi connectivity index (χ1) is 23.4. The molecule has 3 aromatic carbocycles. The van der Waals surface area contributed by atoms with Crippen molar-refractivity contribution in [3.05, 3.63) is 142 Å². The minimum atomic E-state index is -0.336. The number of allylic oxidation sites excluding steroid dienone is 4. The van der Waals surface area contributed by atoms with Gasteiger partial charge in [-0.05, 0) is 41.5 Å². The molecule has 0 spiro atoms. The van der Waals surface area contributed by atoms with E-state index in [-0.39, 0.29) is 45.4 Å². The van der Waals surface area contributed by atoms with Gasteiger partial charge >= 0.3 is 0 Å². The molecule has 6 heteroatoms. The van der Waals surface area contributed by atoms with Crippen LogP contribution in [0.3, 0.4) is 0 Å². The summed E-state index contributed by atoms with van der Waals surface area (Å²) in [6.07, 6.45) is 7.34. The number of fused-ring (bicyclic) bond motifs is 2. The van der Waals surface area contributed by atoms with E-state index in [0.717, 1.165) is 72.0 Å². The molecule has 0 atom stereocenters. The molecule has 2 aromatic heterocycles. The number of carbonyl (C=O) groups is 2. The molecule has 0 radical (unpaired) electrons. The Morgan fingerprint density at radius 2 is 1.00 bits per heavy atom. The van der Waals surface area contributed by atoms with Crippen LogP contribution in [0.5, 0.6) is 0 Å². The molecule has 0 fully saturated rings. The minimum absolute atomic E-state index is 0.0766. The van der Waals surface area contributed by atoms with Crippen LogP contribution >= 0.6 is 0 Å². The Labute approximate surface area is 279 Å². The maximum Gasteiger partial charge on any atom is 0.212 e. The van der Waals surface area contributed by atoms with Crippen molar-refractivity contribution in [2.24, 2.45) is 0 Å². The zero-order valence-corrected chi connectivity index (χ0v) is 27.2. The van der Waals surface area contributed by atoms with Gasteiger partial charge in [-0.15, -0.1) is 0 Å². The summed E-state index contributed by atoms with van der Waals surface area (Å²) < 4.78 is 4.31. The topological polar surface area (TPSA) is 88.0 Å². The third-order valence-electron chi connectivity index (χ3n) is 9.33. The average Bonchev–Trinajstić information content (AvgIpc) is 3.11. The Morgan fingerprint density at radius 1 is 0.562 bits per heavy atom. The van der Waals surface area contributed by atoms with E-state index in [4.69, 9.17) is 0 Å². The Balaban J connectivity index is 1.21. The van der Waals surface area contributed by atoms with E-state index in [1.54, 1.807) is 36.4 Å². The number of aryl methyl sites for hydroxylation is 2. The van der Waals surface area contributed by atoms with Gasteiger partial charge in [0.25, 0.3) is 0 Å². The number of unbranched alkanes of at least 4 members (excludes halogenated alkanes) is 2. The summed E-state index contributed by atoms with van der Waals surface area (Å²) in [5, 5.41) is 29.0. The second-order valence-electron chi connectivity index (χ2n) is 12.4. The van der Waals surface area contributed by atoms with Crippen LogP contribution < -0.4 is 19.3 Å². The molecule has 0 unspecified atom stereocenters. The van der Waals surface area contributed by atoms with Gasteiger partial charge in [0, 0.05) is 82.3 Å². The highest BCUT2D eigenvalue weighted by atomic mass is 16.3. The molecule has 2 heterocycles. The quantitative estimate of drug-likeness (QED) is 0.147. The molecule has 2 aliphatic carbocycles. The first kappa shape index (κ1) is 31.0. The van der Waals surface area contributed by atoms with Gasteiger partial charge in [-0.3, -0.25) is 9.59 Å². The number of hydrogen-bond acceptors (Lipinski definition) is 4. The molecule has 5 aromatic rings. The van der Waals surface area contributed by atoms with Gasteiger partial charge in [-0.1, -0.05) is 80.7 Å². The maximum absolute atomic E-state index is 13.4. The maximum atomic E-state index is 13.4. The number of pyridine rings is 2. The standard InChI is InChI=1S/C42H36N2O4/c1-3-5-22-43-31(20-18-27-12-7-9-16-35(27)43)25-33-39(45)37(40(33)46)29-14-11-15-30(24-29)38-41(47)34(42(38)48)26-32-21-19-28-13-8-10-17-36(28)44(32)23-6-4-2/h7-21,24-26H,3-6,22-23H2,1-2H3. The zero-order valence-electron chi connectivity index (χ0n) is 27.2. The van der Waals surface area contributed by atoms with Crippen LogP contribution in [0.4, 0.5) is 0 Å². The van der Waals surface area contributed by atoms with Gasteiger partial charge in [-0.2, -0.15) is 9.13 Å². The SMILES string of the molecule is CCCC[n+]1c(/C=C2/C(=O)C(c3cccc(C4=C([O-])/C(=C\c5ccc6ccccc6[n+]5CCCC)C4=O)c3)=C2[O-])ccc2ccccc21. The van der Waals surface area contributed by atoms with Crippen molar-refractivity contribution in [2.75, 3.05) is 0 Å². The second kappa shape index (κ2) is 12.9. The van der Waals surface area contributed by atoms with Gasteiger partial charge in [-0.25, -0.2) is 0 Å². The molecule has 48 heavy (non-hydrogen) atoms. The monoisotopic (exact) mass is 632 g/mol. The van der Waals surface area contributed by atoms with Crippen molar-refractivity contribution >= 4 is 56.7 Å². The van der Waals surface area contributed by atoms with Crippen molar-refractivity contribution in [3.8, 4) is 0 Å². The molecule has 0 saturated carbocycles. The van der Waals surface area contributed by atoms with E-state index in [9.17, 15) is 19.8 Å². The Kier molecular flexibility index (Phi) is 8.32. The minimum Gasteiger partial charge on any atom is -0.871 e. The van der Waals surface area contributed by atoms with Gasteiger partial charge in [0.2, 0.25) is 22.4 Å². The average molecular weight is 633 g/mol. The Hall–Kier alpha value is -5.62. The number of rotatable bonds is 10. The van der Waals surface area contributed by atoms with Gasteiger partial charge < -0.3 is 10.2 Å². The normalized spacial score (nSPS) is 16.4. The van der Waals surface area contributed by atoms with Crippen molar-refractivity contribution in [2.45, 2.75) is 52.6 Å². The Bertz CT molecular complexity index is 2110. The van der Waals surface area contributed by atoms with E-state index in [0.29, 0.717) is 11.1 Å². The lowest BCUT2D eigenvalue weighted by molar-refractivity contribution is -0.673. The van der Waals surface area contributed by atoms with Gasteiger partial charge in [0.15, 0.2) is 11.6 Å². The summed E-state index contributed by atoms with van der Waals surface area (Å²) in [5.74, 6) is -1.34. The first-order valence-corrected chi connectivity index (χ1v) is 16.7. The number of hydrogen-bond donors (Lipinski definition) is 0. The summed E-state index contributed by atoms with van der Waals surface area (Å²) in [6.45, 7) is 5.81. The van der Waals surface area contributed by atoms with Crippen LogP contribution in [0.15, 0.2) is 120 Å². The van der Waals surface area contributed by atoms with Gasteiger partial charge in [0.1, 0.15) is 13.1 Å². The van der Waals surface area contributed by atoms with Crippen molar-refractivity contribution in [1.29, 1.82) is 0 Å². The molecular formula is C42H36N2O4. The summed E-state index contributed by atoms with van der Waals surface area (Å²) in [4.78, 5) is 26.9. The van der Waals surface area contributed by atoms with Crippen molar-refractivity contribution in [3.63, 3.8) is 0 Å². The summed E-state index contributed by atoms with van der Waals surface area (Å²) in [7, 11) is 0. The number of Topliss-reactive ketones (excluding diaryl/α,β-unsaturated/α-hetero) is 2. The first-order valence-electron chi connectivity index (χ1n) is 16.7. The van der Waals surface area contributed by atoms with E-state index in [1.165, 1.54) is 0 Å². The highest BCUT2D eigenvalue weighted by Gasteiger charge is 2.33. The molecule has 238 valence electrons. The largest absolute Gasteiger partial charge is 0.871 e. The smallest absolute Gasteiger partial charge is 0.212 e. The number of nitrogens with zero attached hydrogens (tertiary/aromatic N) is 2. The van der Waals surface area contributed by atoms with Crippen LogP contribution in [0.2, 0.25) is 0 Å². The third-order valence-corrected chi connectivity index (χ3v) is 9.33. The predicted octanol–water partition coefficient (Wildman–Crippen LogP) is 5.64. The number of carbonyl (C=O) groups excluding carboxylic acids is 2. The van der Waals surface area contributed by atoms with Crippen LogP contribution in [0, 0.1) is 0 Å². The number of para-hydroxylation sites is 2. The van der Waals surface area contributed by atoms with E-state index >= 15 is 0 Å². The number of ketones is 2. The van der Waals surface area contributed by atoms with Crippen LogP contribution in [0.25, 0.3) is 45.1 Å². The number of aromatic nitrogens is 2. The lowest BCUT2D eigenvalue weighted by Crippen LogP contribution is -2.39. The summed E-state index contributed by atoms with van der Waals surface area (Å²) in [6, 6.07) is 30.7. The molecule has 2 aliphatic rings. The fourth-order valence-electron chi connectivity index (χ4n) is 6.68. The fraction of sp³-hybridized carbons (Fsp3) is 0.190. The van der Waals surface area contributed by atoms with Crippen LogP contribution in [-0.2, 0) is 22.7 Å². The second-order valence-corrected chi connectivity index (χ2v) is 12.4. The number of benzene rings is 3. The van der Waals surface area contributed by atoms with Crippen molar-refractivity contribution in [1.82, 2.24) is 0 Å². The molecule has 0 aliphatic heterocycles. The van der Waals surface area contributed by atoms with Crippen LogP contribution in [-0.4, -0.2) is 11.6 Å². The van der Waals surface area contributed by atoms with Crippen molar-refractivity contribution < 1.29 is 28.9 Å². The Morgan fingerprint density at radius 3 is 1.42 bits per heavy atom. The molecule has 7 rings (SSSR count). The highest BCUT2D eigenvalue weighted by Crippen LogP contribution is 2.39. The van der Waals surface area contributed by atoms with Gasteiger partial charge in [0.05, 0.1) is 0 Å². The van der Waals surface area contributed by atoms with E-state index < -0.39 is 0 Å². The summed E-state index contributed by atoms with van der Waals surface area (Å²) >= 11 is 0. The molecule has 0 saturated heterocycles. The zero-order chi connectivity index (χ0) is 33.4. The van der Waals surface area contributed by atoms with E-state index in [1.807, 2.05) is 60.7 Å². The van der Waals surface area contributed by atoms with E-state index in [2.05, 4.69) is 35.1 Å². The predicted molar refractivity (Wildman–Crippen MR) is 184 cm³/mol. The summed E-state index contributed by atoms with van der Waals surface area (Å²) in [5.41, 5.74) is 4.95.